The fourth-order valence-electron chi connectivity index (χ4n) is 1.37. The SMILES string of the molecule is C/C=C\c1c(C=C(C)C)ccn1C. The lowest BCUT2D eigenvalue weighted by molar-refractivity contribution is 0.913. The molecule has 13 heavy (non-hydrogen) atoms. The van der Waals surface area contributed by atoms with Gasteiger partial charge in [-0.1, -0.05) is 17.7 Å². The molecule has 0 aliphatic carbocycles. The van der Waals surface area contributed by atoms with Gasteiger partial charge in [0.15, 0.2) is 0 Å². The third-order valence-electron chi connectivity index (χ3n) is 1.92. The molecule has 0 aromatic carbocycles. The maximum atomic E-state index is 2.20. The van der Waals surface area contributed by atoms with Crippen LogP contribution in [0.4, 0.5) is 0 Å². The van der Waals surface area contributed by atoms with Gasteiger partial charge in [0.25, 0.3) is 0 Å². The van der Waals surface area contributed by atoms with Gasteiger partial charge in [-0.2, -0.15) is 0 Å². The molecule has 0 unspecified atom stereocenters. The average Bonchev–Trinajstić information content (AvgIpc) is 2.35. The minimum absolute atomic E-state index is 1.27. The highest BCUT2D eigenvalue weighted by Crippen LogP contribution is 2.15. The van der Waals surface area contributed by atoms with Gasteiger partial charge < -0.3 is 4.57 Å². The average molecular weight is 175 g/mol. The van der Waals surface area contributed by atoms with Crippen LogP contribution in [0.15, 0.2) is 23.9 Å². The summed E-state index contributed by atoms with van der Waals surface area (Å²) in [4.78, 5) is 0. The summed E-state index contributed by atoms with van der Waals surface area (Å²) in [6.45, 7) is 6.28. The molecule has 1 rings (SSSR count). The Labute approximate surface area is 80.4 Å². The topological polar surface area (TPSA) is 4.93 Å². The third-order valence-corrected chi connectivity index (χ3v) is 1.92. The zero-order valence-electron chi connectivity index (χ0n) is 8.83. The van der Waals surface area contributed by atoms with Crippen molar-refractivity contribution < 1.29 is 0 Å². The zero-order chi connectivity index (χ0) is 9.84. The summed E-state index contributed by atoms with van der Waals surface area (Å²) in [5, 5.41) is 0. The van der Waals surface area contributed by atoms with E-state index < -0.39 is 0 Å². The summed E-state index contributed by atoms with van der Waals surface area (Å²) in [7, 11) is 2.07. The first-order chi connectivity index (χ1) is 6.15. The van der Waals surface area contributed by atoms with E-state index in [9.17, 15) is 0 Å². The van der Waals surface area contributed by atoms with Crippen LogP contribution in [0.3, 0.4) is 0 Å². The van der Waals surface area contributed by atoms with Crippen LogP contribution in [-0.4, -0.2) is 4.57 Å². The predicted octanol–water partition coefficient (Wildman–Crippen LogP) is 3.48. The molecular weight excluding hydrogens is 158 g/mol. The van der Waals surface area contributed by atoms with Crippen molar-refractivity contribution in [2.45, 2.75) is 20.8 Å². The minimum Gasteiger partial charge on any atom is -0.351 e. The highest BCUT2D eigenvalue weighted by Gasteiger charge is 1.99. The van der Waals surface area contributed by atoms with Gasteiger partial charge in [-0.3, -0.25) is 0 Å². The van der Waals surface area contributed by atoms with Gasteiger partial charge in [-0.05, 0) is 38.5 Å². The van der Waals surface area contributed by atoms with E-state index in [-0.39, 0.29) is 0 Å². The minimum atomic E-state index is 1.27. The van der Waals surface area contributed by atoms with Crippen molar-refractivity contribution in [2.24, 2.45) is 7.05 Å². The molecule has 1 aromatic heterocycles. The van der Waals surface area contributed by atoms with Crippen LogP contribution >= 0.6 is 0 Å². The van der Waals surface area contributed by atoms with Crippen LogP contribution in [-0.2, 0) is 7.05 Å². The van der Waals surface area contributed by atoms with Crippen molar-refractivity contribution in [2.75, 3.05) is 0 Å². The van der Waals surface area contributed by atoms with E-state index in [1.54, 1.807) is 0 Å². The Bertz CT molecular complexity index is 336. The van der Waals surface area contributed by atoms with E-state index in [0.29, 0.717) is 0 Å². The van der Waals surface area contributed by atoms with E-state index in [1.165, 1.54) is 16.8 Å². The Morgan fingerprint density at radius 3 is 2.62 bits per heavy atom. The number of hydrogen-bond donors (Lipinski definition) is 0. The Morgan fingerprint density at radius 2 is 2.08 bits per heavy atom. The monoisotopic (exact) mass is 175 g/mol. The molecule has 1 heteroatoms. The first-order valence-electron chi connectivity index (χ1n) is 4.58. The lowest BCUT2D eigenvalue weighted by atomic mass is 10.1. The van der Waals surface area contributed by atoms with E-state index in [4.69, 9.17) is 0 Å². The van der Waals surface area contributed by atoms with Gasteiger partial charge in [0.2, 0.25) is 0 Å². The Kier molecular flexibility index (Phi) is 3.13. The van der Waals surface area contributed by atoms with Crippen LogP contribution in [0, 0.1) is 0 Å². The Morgan fingerprint density at radius 1 is 1.38 bits per heavy atom. The van der Waals surface area contributed by atoms with Crippen LogP contribution in [0.25, 0.3) is 12.2 Å². The van der Waals surface area contributed by atoms with Crippen LogP contribution in [0.2, 0.25) is 0 Å². The summed E-state index contributed by atoms with van der Waals surface area (Å²) in [6, 6.07) is 2.14. The molecule has 0 aliphatic heterocycles. The molecule has 0 aliphatic rings. The van der Waals surface area contributed by atoms with Crippen LogP contribution in [0.5, 0.6) is 0 Å². The van der Waals surface area contributed by atoms with Crippen molar-refractivity contribution >= 4 is 12.2 Å². The number of nitrogens with zero attached hydrogens (tertiary/aromatic N) is 1. The van der Waals surface area contributed by atoms with Gasteiger partial charge in [-0.25, -0.2) is 0 Å². The van der Waals surface area contributed by atoms with E-state index >= 15 is 0 Å². The first-order valence-corrected chi connectivity index (χ1v) is 4.58. The van der Waals surface area contributed by atoms with Gasteiger partial charge >= 0.3 is 0 Å². The molecule has 1 aromatic rings. The fourth-order valence-corrected chi connectivity index (χ4v) is 1.37. The van der Waals surface area contributed by atoms with Crippen LogP contribution < -0.4 is 0 Å². The summed E-state index contributed by atoms with van der Waals surface area (Å²) >= 11 is 0. The second-order valence-electron chi connectivity index (χ2n) is 3.49. The van der Waals surface area contributed by atoms with Gasteiger partial charge in [0.05, 0.1) is 0 Å². The molecule has 0 saturated carbocycles. The smallest absolute Gasteiger partial charge is 0.0474 e. The summed E-state index contributed by atoms with van der Waals surface area (Å²) in [5.74, 6) is 0. The van der Waals surface area contributed by atoms with Crippen molar-refractivity contribution in [1.29, 1.82) is 0 Å². The van der Waals surface area contributed by atoms with Crippen molar-refractivity contribution in [1.82, 2.24) is 4.57 Å². The molecule has 0 amide bonds. The van der Waals surface area contributed by atoms with Crippen molar-refractivity contribution in [3.63, 3.8) is 0 Å². The maximum Gasteiger partial charge on any atom is 0.0474 e. The molecule has 70 valence electrons. The van der Waals surface area contributed by atoms with Crippen LogP contribution in [0.1, 0.15) is 32.0 Å². The molecule has 0 radical (unpaired) electrons. The predicted molar refractivity (Wildman–Crippen MR) is 59.4 cm³/mol. The largest absolute Gasteiger partial charge is 0.351 e. The van der Waals surface area contributed by atoms with E-state index in [2.05, 4.69) is 56.0 Å². The number of rotatable bonds is 2. The maximum absolute atomic E-state index is 2.20. The molecule has 0 fully saturated rings. The molecule has 0 saturated heterocycles. The van der Waals surface area contributed by atoms with Gasteiger partial charge in [0.1, 0.15) is 0 Å². The number of allylic oxidation sites excluding steroid dienone is 2. The lowest BCUT2D eigenvalue weighted by Gasteiger charge is -1.99. The first kappa shape index (κ1) is 9.85. The number of aryl methyl sites for hydroxylation is 1. The third kappa shape index (κ3) is 2.35. The molecule has 0 N–H and O–H groups in total. The summed E-state index contributed by atoms with van der Waals surface area (Å²) < 4.78 is 2.13. The van der Waals surface area contributed by atoms with E-state index in [1.807, 2.05) is 6.92 Å². The highest BCUT2D eigenvalue weighted by atomic mass is 14.9. The fraction of sp³-hybridized carbons (Fsp3) is 0.333. The molecule has 1 nitrogen and oxygen atoms in total. The molecule has 0 bridgehead atoms. The van der Waals surface area contributed by atoms with Crippen molar-refractivity contribution in [3.8, 4) is 0 Å². The molecule has 1 heterocycles. The van der Waals surface area contributed by atoms with E-state index in [0.717, 1.165) is 0 Å². The molecule has 0 atom stereocenters. The lowest BCUT2D eigenvalue weighted by Crippen LogP contribution is -1.89. The quantitative estimate of drug-likeness (QED) is 0.648. The molecule has 0 spiro atoms. The zero-order valence-corrected chi connectivity index (χ0v) is 8.83. The highest BCUT2D eigenvalue weighted by molar-refractivity contribution is 5.64. The normalized spacial score (nSPS) is 10.8. The standard InChI is InChI=1S/C12H17N/c1-5-6-12-11(9-10(2)3)7-8-13(12)4/h5-9H,1-4H3/b6-5-. The van der Waals surface area contributed by atoms with Gasteiger partial charge in [-0.15, -0.1) is 0 Å². The Balaban J connectivity index is 3.15. The summed E-state index contributed by atoms with van der Waals surface area (Å²) in [6.07, 6.45) is 8.49. The summed E-state index contributed by atoms with van der Waals surface area (Å²) in [5.41, 5.74) is 3.89. The van der Waals surface area contributed by atoms with Crippen molar-refractivity contribution in [3.05, 3.63) is 35.2 Å². The number of hydrogen-bond acceptors (Lipinski definition) is 0. The Hall–Kier alpha value is -1.24. The van der Waals surface area contributed by atoms with Gasteiger partial charge in [0, 0.05) is 18.9 Å². The second kappa shape index (κ2) is 4.13. The molecular formula is C12H17N. The second-order valence-corrected chi connectivity index (χ2v) is 3.49. The number of aromatic nitrogens is 1.